The average molecular weight is 399 g/mol. The Labute approximate surface area is 161 Å². The van der Waals surface area contributed by atoms with E-state index in [-0.39, 0.29) is 41.3 Å². The summed E-state index contributed by atoms with van der Waals surface area (Å²) >= 11 is 0. The summed E-state index contributed by atoms with van der Waals surface area (Å²) in [4.78, 5) is 12.0. The number of carbonyl (C=O) groups is 1. The van der Waals surface area contributed by atoms with Crippen LogP contribution in [0.15, 0.2) is 23.8 Å². The third-order valence-electron chi connectivity index (χ3n) is 7.46. The van der Waals surface area contributed by atoms with Crippen molar-refractivity contribution in [3.8, 4) is 0 Å². The van der Waals surface area contributed by atoms with Crippen LogP contribution in [0.4, 0.5) is 0 Å². The minimum atomic E-state index is -4.47. The van der Waals surface area contributed by atoms with Gasteiger partial charge in [-0.25, -0.2) is 4.79 Å². The number of carbonyl (C=O) groups excluding carboxylic acids is 1. The van der Waals surface area contributed by atoms with Crippen molar-refractivity contribution >= 4 is 16.1 Å². The first kappa shape index (κ1) is 20.6. The summed E-state index contributed by atoms with van der Waals surface area (Å²) in [6, 6.07) is 0. The van der Waals surface area contributed by atoms with Crippen molar-refractivity contribution in [3.63, 3.8) is 0 Å². The lowest BCUT2D eigenvalue weighted by molar-refractivity contribution is -0.136. The summed E-state index contributed by atoms with van der Waals surface area (Å²) in [5.41, 5.74) is 0.447. The number of aliphatic hydroxyl groups excluding tert-OH is 1. The van der Waals surface area contributed by atoms with E-state index < -0.39 is 27.4 Å². The number of cyclic esters (lactones) is 1. The highest BCUT2D eigenvalue weighted by atomic mass is 32.2. The number of allylic oxidation sites excluding steroid dienone is 1. The van der Waals surface area contributed by atoms with Crippen molar-refractivity contribution in [2.75, 3.05) is 6.61 Å². The molecule has 3 rings (SSSR count). The molecule has 0 aromatic rings. The van der Waals surface area contributed by atoms with Crippen LogP contribution < -0.4 is 0 Å². The van der Waals surface area contributed by atoms with Gasteiger partial charge in [0.25, 0.3) is 10.1 Å². The fourth-order valence-corrected chi connectivity index (χ4v) is 6.81. The van der Waals surface area contributed by atoms with E-state index in [1.165, 1.54) is 6.08 Å². The van der Waals surface area contributed by atoms with Gasteiger partial charge in [-0.05, 0) is 60.8 Å². The summed E-state index contributed by atoms with van der Waals surface area (Å²) in [7, 11) is -4.47. The number of aliphatic hydroxyl groups is 1. The molecular weight excluding hydrogens is 368 g/mol. The van der Waals surface area contributed by atoms with Crippen LogP contribution >= 0.6 is 0 Å². The Morgan fingerprint density at radius 2 is 2.00 bits per heavy atom. The van der Waals surface area contributed by atoms with E-state index in [4.69, 9.17) is 4.74 Å². The molecule has 2 aliphatic carbocycles. The first-order chi connectivity index (χ1) is 12.4. The van der Waals surface area contributed by atoms with E-state index >= 15 is 0 Å². The maximum atomic E-state index is 12.1. The largest absolute Gasteiger partial charge is 0.458 e. The molecule has 6 nitrogen and oxygen atoms in total. The number of fused-ring (bicyclic) bond motifs is 1. The molecule has 3 aliphatic rings. The third-order valence-corrected chi connectivity index (χ3v) is 8.63. The Kier molecular flexibility index (Phi) is 5.11. The Balaban J connectivity index is 1.98. The zero-order valence-electron chi connectivity index (χ0n) is 16.3. The second-order valence-corrected chi connectivity index (χ2v) is 10.8. The van der Waals surface area contributed by atoms with Gasteiger partial charge in [0.2, 0.25) is 0 Å². The van der Waals surface area contributed by atoms with Crippen LogP contribution in [0.3, 0.4) is 0 Å². The highest BCUT2D eigenvalue weighted by Crippen LogP contribution is 2.62. The minimum absolute atomic E-state index is 0.0196. The summed E-state index contributed by atoms with van der Waals surface area (Å²) in [5.74, 6) is -0.639. The van der Waals surface area contributed by atoms with Crippen LogP contribution in [0.1, 0.15) is 52.9 Å². The highest BCUT2D eigenvalue weighted by Gasteiger charge is 2.57. The second kappa shape index (κ2) is 6.71. The predicted molar refractivity (Wildman–Crippen MR) is 101 cm³/mol. The van der Waals surface area contributed by atoms with Crippen molar-refractivity contribution in [1.29, 1.82) is 0 Å². The van der Waals surface area contributed by atoms with Gasteiger partial charge in [-0.15, -0.1) is 0 Å². The van der Waals surface area contributed by atoms with Crippen LogP contribution in [0.5, 0.6) is 0 Å². The fraction of sp³-hybridized carbons (Fsp3) is 0.750. The van der Waals surface area contributed by atoms with Crippen molar-refractivity contribution in [3.05, 3.63) is 23.8 Å². The van der Waals surface area contributed by atoms with E-state index in [0.29, 0.717) is 6.42 Å². The van der Waals surface area contributed by atoms with Crippen LogP contribution in [-0.4, -0.2) is 42.0 Å². The van der Waals surface area contributed by atoms with Crippen molar-refractivity contribution in [2.45, 2.75) is 64.2 Å². The lowest BCUT2D eigenvalue weighted by Gasteiger charge is -2.59. The summed E-state index contributed by atoms with van der Waals surface area (Å²) in [6.07, 6.45) is 4.21. The summed E-state index contributed by atoms with van der Waals surface area (Å²) in [6.45, 7) is 10.5. The van der Waals surface area contributed by atoms with Gasteiger partial charge in [-0.3, -0.25) is 4.55 Å². The van der Waals surface area contributed by atoms with Gasteiger partial charge in [0.05, 0.1) is 11.7 Å². The Hall–Kier alpha value is -1.18. The Morgan fingerprint density at radius 1 is 1.33 bits per heavy atom. The molecule has 7 heteroatoms. The normalized spacial score (nSPS) is 37.4. The van der Waals surface area contributed by atoms with Gasteiger partial charge in [0.15, 0.2) is 0 Å². The van der Waals surface area contributed by atoms with E-state index in [1.807, 2.05) is 0 Å². The molecule has 0 aromatic carbocycles. The lowest BCUT2D eigenvalue weighted by Crippen LogP contribution is -2.55. The predicted octanol–water partition coefficient (Wildman–Crippen LogP) is 2.89. The van der Waals surface area contributed by atoms with Crippen molar-refractivity contribution in [1.82, 2.24) is 0 Å². The molecule has 0 spiro atoms. The second-order valence-electron chi connectivity index (χ2n) is 9.18. The Morgan fingerprint density at radius 3 is 2.56 bits per heavy atom. The van der Waals surface area contributed by atoms with E-state index in [9.17, 15) is 22.9 Å². The standard InChI is InChI=1S/C20H30O6S/c1-12-5-6-16-19(2,3)17(21)7-9-20(16,4)14(12)11-15(27(23,24)25)13-8-10-26-18(13)22/h8,14-17,21H,1,5-7,9-11H2,2-4H3,(H,23,24,25)/t14-,15+,16+,17+,20-/m0/s1. The smallest absolute Gasteiger partial charge is 0.335 e. The van der Waals surface area contributed by atoms with Gasteiger partial charge in [0.1, 0.15) is 11.9 Å². The summed E-state index contributed by atoms with van der Waals surface area (Å²) < 4.78 is 39.0. The maximum Gasteiger partial charge on any atom is 0.335 e. The number of hydrogen-bond acceptors (Lipinski definition) is 5. The van der Waals surface area contributed by atoms with Gasteiger partial charge in [-0.2, -0.15) is 8.42 Å². The maximum absolute atomic E-state index is 12.1. The number of esters is 1. The number of rotatable bonds is 4. The molecule has 27 heavy (non-hydrogen) atoms. The summed E-state index contributed by atoms with van der Waals surface area (Å²) in [5, 5.41) is 9.23. The molecule has 2 N–H and O–H groups in total. The van der Waals surface area contributed by atoms with Crippen LogP contribution in [0, 0.1) is 22.7 Å². The van der Waals surface area contributed by atoms with Crippen molar-refractivity contribution < 1.29 is 27.6 Å². The first-order valence-corrected chi connectivity index (χ1v) is 11.1. The topological polar surface area (TPSA) is 101 Å². The van der Waals surface area contributed by atoms with E-state index in [0.717, 1.165) is 24.8 Å². The molecule has 0 unspecified atom stereocenters. The first-order valence-electron chi connectivity index (χ1n) is 9.58. The monoisotopic (exact) mass is 398 g/mol. The molecule has 1 aliphatic heterocycles. The molecule has 0 aromatic heterocycles. The Bertz CT molecular complexity index is 780. The van der Waals surface area contributed by atoms with Crippen molar-refractivity contribution in [2.24, 2.45) is 22.7 Å². The molecule has 2 fully saturated rings. The highest BCUT2D eigenvalue weighted by molar-refractivity contribution is 7.86. The van der Waals surface area contributed by atoms with E-state index in [1.54, 1.807) is 0 Å². The van der Waals surface area contributed by atoms with Gasteiger partial charge in [-0.1, -0.05) is 32.9 Å². The van der Waals surface area contributed by atoms with Gasteiger partial charge >= 0.3 is 5.97 Å². The fourth-order valence-electron chi connectivity index (χ4n) is 5.86. The zero-order chi connectivity index (χ0) is 20.2. The molecule has 0 saturated heterocycles. The molecule has 152 valence electrons. The van der Waals surface area contributed by atoms with Gasteiger partial charge in [0, 0.05) is 0 Å². The average Bonchev–Trinajstić information content (AvgIpc) is 2.95. The van der Waals surface area contributed by atoms with Gasteiger partial charge < -0.3 is 9.84 Å². The quantitative estimate of drug-likeness (QED) is 0.429. The minimum Gasteiger partial charge on any atom is -0.458 e. The number of hydrogen-bond donors (Lipinski definition) is 2. The zero-order valence-corrected chi connectivity index (χ0v) is 17.1. The molecule has 0 amide bonds. The lowest BCUT2D eigenvalue weighted by atomic mass is 9.46. The molecule has 2 saturated carbocycles. The molecule has 0 bridgehead atoms. The molecule has 0 radical (unpaired) electrons. The van der Waals surface area contributed by atoms with Crippen LogP contribution in [0.2, 0.25) is 0 Å². The molecule has 1 heterocycles. The molecular formula is C20H30O6S. The van der Waals surface area contributed by atoms with Crippen LogP contribution in [-0.2, 0) is 19.6 Å². The van der Waals surface area contributed by atoms with Crippen LogP contribution in [0.25, 0.3) is 0 Å². The third kappa shape index (κ3) is 3.38. The SMILES string of the molecule is C=C1CC[C@@H]2C(C)(C)[C@H](O)CC[C@@]2(C)[C@H]1C[C@H](C1=CCOC1=O)S(=O)(=O)O. The van der Waals surface area contributed by atoms with E-state index in [2.05, 4.69) is 27.4 Å². The number of ether oxygens (including phenoxy) is 1. The molecule has 5 atom stereocenters.